The first-order valence-electron chi connectivity index (χ1n) is 7.99. The maximum Gasteiger partial charge on any atom is 0.259 e. The molecule has 0 fully saturated rings. The summed E-state index contributed by atoms with van der Waals surface area (Å²) >= 11 is 0. The van der Waals surface area contributed by atoms with Crippen LogP contribution in [0, 0.1) is 0 Å². The van der Waals surface area contributed by atoms with Crippen molar-refractivity contribution in [3.8, 4) is 11.5 Å². The number of ether oxygens (including phenoxy) is 1. The lowest BCUT2D eigenvalue weighted by atomic mass is 10.1. The Morgan fingerprint density at radius 2 is 1.54 bits per heavy atom. The van der Waals surface area contributed by atoms with E-state index in [9.17, 15) is 4.79 Å². The van der Waals surface area contributed by atoms with Gasteiger partial charge in [-0.3, -0.25) is 4.79 Å². The van der Waals surface area contributed by atoms with E-state index in [-0.39, 0.29) is 5.91 Å². The van der Waals surface area contributed by atoms with Crippen molar-refractivity contribution < 1.29 is 9.53 Å². The van der Waals surface area contributed by atoms with E-state index < -0.39 is 0 Å². The van der Waals surface area contributed by atoms with Gasteiger partial charge in [-0.25, -0.2) is 0 Å². The van der Waals surface area contributed by atoms with Crippen molar-refractivity contribution >= 4 is 11.6 Å². The maximum absolute atomic E-state index is 12.7. The highest BCUT2D eigenvalue weighted by Crippen LogP contribution is 2.26. The predicted octanol–water partition coefficient (Wildman–Crippen LogP) is 5.29. The van der Waals surface area contributed by atoms with E-state index in [1.54, 1.807) is 12.1 Å². The van der Waals surface area contributed by atoms with Crippen LogP contribution >= 0.6 is 0 Å². The average Bonchev–Trinajstić information content (AvgIpc) is 2.63. The van der Waals surface area contributed by atoms with E-state index in [0.717, 1.165) is 17.7 Å². The second-order valence-electron chi connectivity index (χ2n) is 5.38. The van der Waals surface area contributed by atoms with Gasteiger partial charge in [-0.05, 0) is 42.3 Å². The van der Waals surface area contributed by atoms with E-state index in [0.29, 0.717) is 17.1 Å². The normalized spacial score (nSPS) is 10.2. The molecule has 0 atom stereocenters. The lowest BCUT2D eigenvalue weighted by molar-refractivity contribution is 0.102. The number of amides is 1. The summed E-state index contributed by atoms with van der Waals surface area (Å²) in [6.45, 7) is 2.07. The summed E-state index contributed by atoms with van der Waals surface area (Å²) in [7, 11) is 0. The zero-order chi connectivity index (χ0) is 16.8. The molecule has 0 unspecified atom stereocenters. The highest BCUT2D eigenvalue weighted by atomic mass is 16.5. The van der Waals surface area contributed by atoms with Crippen LogP contribution in [0.15, 0.2) is 78.9 Å². The van der Waals surface area contributed by atoms with E-state index in [1.165, 1.54) is 0 Å². The van der Waals surface area contributed by atoms with Gasteiger partial charge in [0.25, 0.3) is 5.91 Å². The van der Waals surface area contributed by atoms with Crippen molar-refractivity contribution in [3.05, 3.63) is 90.0 Å². The number of para-hydroxylation sites is 3. The molecule has 3 heteroatoms. The minimum Gasteiger partial charge on any atom is -0.457 e. The molecule has 3 aromatic carbocycles. The van der Waals surface area contributed by atoms with E-state index in [1.807, 2.05) is 66.7 Å². The lowest BCUT2D eigenvalue weighted by Gasteiger charge is -2.13. The first-order valence-corrected chi connectivity index (χ1v) is 7.99. The second-order valence-corrected chi connectivity index (χ2v) is 5.38. The van der Waals surface area contributed by atoms with Gasteiger partial charge >= 0.3 is 0 Å². The van der Waals surface area contributed by atoms with Crippen LogP contribution in [0.5, 0.6) is 11.5 Å². The number of carbonyl (C=O) groups excluding carboxylic acids is 1. The number of hydrogen-bond acceptors (Lipinski definition) is 2. The van der Waals surface area contributed by atoms with Crippen molar-refractivity contribution in [1.29, 1.82) is 0 Å². The standard InChI is InChI=1S/C21H19NO2/c1-2-16-10-6-8-14-19(16)22-21(23)18-13-7-9-15-20(18)24-17-11-4-3-5-12-17/h3-15H,2H2,1H3,(H,22,23). The molecule has 1 N–H and O–H groups in total. The molecule has 0 heterocycles. The van der Waals surface area contributed by atoms with Crippen LogP contribution in [-0.2, 0) is 6.42 Å². The third-order valence-corrected chi connectivity index (χ3v) is 3.75. The summed E-state index contributed by atoms with van der Waals surface area (Å²) in [5.74, 6) is 1.06. The quantitative estimate of drug-likeness (QED) is 0.694. The molecular weight excluding hydrogens is 298 g/mol. The molecule has 3 aromatic rings. The second kappa shape index (κ2) is 7.47. The summed E-state index contributed by atoms with van der Waals surface area (Å²) in [4.78, 5) is 12.7. The van der Waals surface area contributed by atoms with E-state index >= 15 is 0 Å². The van der Waals surface area contributed by atoms with Crippen molar-refractivity contribution in [2.45, 2.75) is 13.3 Å². The molecule has 3 rings (SSSR count). The molecule has 0 aliphatic heterocycles. The van der Waals surface area contributed by atoms with Gasteiger partial charge < -0.3 is 10.1 Å². The molecule has 0 saturated carbocycles. The maximum atomic E-state index is 12.7. The molecule has 0 spiro atoms. The van der Waals surface area contributed by atoms with Crippen LogP contribution in [0.2, 0.25) is 0 Å². The first kappa shape index (κ1) is 15.8. The molecule has 3 nitrogen and oxygen atoms in total. The number of rotatable bonds is 5. The fraction of sp³-hybridized carbons (Fsp3) is 0.0952. The number of hydrogen-bond donors (Lipinski definition) is 1. The first-order chi connectivity index (χ1) is 11.8. The van der Waals surface area contributed by atoms with Crippen LogP contribution in [0.3, 0.4) is 0 Å². The molecule has 0 aliphatic rings. The van der Waals surface area contributed by atoms with Gasteiger partial charge in [0.1, 0.15) is 11.5 Å². The molecule has 0 aromatic heterocycles. The van der Waals surface area contributed by atoms with Crippen molar-refractivity contribution in [3.63, 3.8) is 0 Å². The summed E-state index contributed by atoms with van der Waals surface area (Å²) in [5.41, 5.74) is 2.44. The van der Waals surface area contributed by atoms with Crippen LogP contribution in [-0.4, -0.2) is 5.91 Å². The number of anilines is 1. The smallest absolute Gasteiger partial charge is 0.259 e. The third kappa shape index (κ3) is 3.63. The lowest BCUT2D eigenvalue weighted by Crippen LogP contribution is -2.14. The monoisotopic (exact) mass is 317 g/mol. The molecule has 0 aliphatic carbocycles. The average molecular weight is 317 g/mol. The van der Waals surface area contributed by atoms with Crippen LogP contribution in [0.4, 0.5) is 5.69 Å². The molecule has 120 valence electrons. The van der Waals surface area contributed by atoms with Gasteiger partial charge in [-0.15, -0.1) is 0 Å². The highest BCUT2D eigenvalue weighted by molar-refractivity contribution is 6.06. The van der Waals surface area contributed by atoms with Gasteiger partial charge in [0.05, 0.1) is 5.56 Å². The Balaban J connectivity index is 1.85. The Labute approximate surface area is 141 Å². The van der Waals surface area contributed by atoms with Gasteiger partial charge in [0.2, 0.25) is 0 Å². The number of aryl methyl sites for hydroxylation is 1. The zero-order valence-electron chi connectivity index (χ0n) is 13.5. The number of carbonyl (C=O) groups is 1. The molecule has 24 heavy (non-hydrogen) atoms. The fourth-order valence-electron chi connectivity index (χ4n) is 2.50. The van der Waals surface area contributed by atoms with Gasteiger partial charge in [0.15, 0.2) is 0 Å². The number of benzene rings is 3. The fourth-order valence-corrected chi connectivity index (χ4v) is 2.50. The summed E-state index contributed by atoms with van der Waals surface area (Å²) in [6.07, 6.45) is 0.860. The molecule has 0 saturated heterocycles. The zero-order valence-corrected chi connectivity index (χ0v) is 13.5. The Morgan fingerprint density at radius 3 is 2.33 bits per heavy atom. The SMILES string of the molecule is CCc1ccccc1NC(=O)c1ccccc1Oc1ccccc1. The van der Waals surface area contributed by atoms with Gasteiger partial charge in [-0.2, -0.15) is 0 Å². The largest absolute Gasteiger partial charge is 0.457 e. The minimum absolute atomic E-state index is 0.178. The van der Waals surface area contributed by atoms with E-state index in [4.69, 9.17) is 4.74 Å². The van der Waals surface area contributed by atoms with Crippen LogP contribution in [0.1, 0.15) is 22.8 Å². The summed E-state index contributed by atoms with van der Waals surface area (Å²) < 4.78 is 5.86. The molecule has 0 bridgehead atoms. The molecule has 0 radical (unpaired) electrons. The predicted molar refractivity (Wildman–Crippen MR) is 96.7 cm³/mol. The Morgan fingerprint density at radius 1 is 0.875 bits per heavy atom. The van der Waals surface area contributed by atoms with Gasteiger partial charge in [0, 0.05) is 5.69 Å². The Kier molecular flexibility index (Phi) is 4.92. The van der Waals surface area contributed by atoms with E-state index in [2.05, 4.69) is 12.2 Å². The summed E-state index contributed by atoms with van der Waals surface area (Å²) in [6, 6.07) is 24.5. The minimum atomic E-state index is -0.178. The molecule has 1 amide bonds. The highest BCUT2D eigenvalue weighted by Gasteiger charge is 2.14. The topological polar surface area (TPSA) is 38.3 Å². The van der Waals surface area contributed by atoms with Crippen LogP contribution < -0.4 is 10.1 Å². The summed E-state index contributed by atoms with van der Waals surface area (Å²) in [5, 5.41) is 2.98. The Hall–Kier alpha value is -3.07. The Bertz CT molecular complexity index is 828. The van der Waals surface area contributed by atoms with Crippen LogP contribution in [0.25, 0.3) is 0 Å². The van der Waals surface area contributed by atoms with Crippen molar-refractivity contribution in [2.75, 3.05) is 5.32 Å². The molecular formula is C21H19NO2. The van der Waals surface area contributed by atoms with Gasteiger partial charge in [-0.1, -0.05) is 55.5 Å². The number of nitrogens with one attached hydrogen (secondary N) is 1. The van der Waals surface area contributed by atoms with Crippen molar-refractivity contribution in [2.24, 2.45) is 0 Å². The third-order valence-electron chi connectivity index (χ3n) is 3.75. The van der Waals surface area contributed by atoms with Crippen molar-refractivity contribution in [1.82, 2.24) is 0 Å².